The van der Waals surface area contributed by atoms with Crippen LogP contribution < -0.4 is 5.32 Å². The first kappa shape index (κ1) is 13.9. The Labute approximate surface area is 115 Å². The van der Waals surface area contributed by atoms with Crippen molar-refractivity contribution >= 4 is 5.91 Å². The molecule has 0 aromatic heterocycles. The summed E-state index contributed by atoms with van der Waals surface area (Å²) in [5, 5.41) is 2.97. The molecule has 4 nitrogen and oxygen atoms in total. The van der Waals surface area contributed by atoms with E-state index in [2.05, 4.69) is 28.7 Å². The third kappa shape index (κ3) is 2.59. The molecular weight excluding hydrogens is 238 g/mol. The lowest BCUT2D eigenvalue weighted by Crippen LogP contribution is -2.54. The minimum absolute atomic E-state index is 0.154. The van der Waals surface area contributed by atoms with E-state index in [0.29, 0.717) is 6.67 Å². The quantitative estimate of drug-likeness (QED) is 0.782. The fourth-order valence-electron chi connectivity index (χ4n) is 2.82. The average Bonchev–Trinajstić information content (AvgIpc) is 2.71. The summed E-state index contributed by atoms with van der Waals surface area (Å²) in [5.74, 6) is 0.154. The first-order chi connectivity index (χ1) is 9.10. The van der Waals surface area contributed by atoms with Crippen LogP contribution in [0.4, 0.5) is 0 Å². The smallest absolute Gasteiger partial charge is 0.247 e. The van der Waals surface area contributed by atoms with E-state index in [-0.39, 0.29) is 11.4 Å². The molecule has 104 valence electrons. The lowest BCUT2D eigenvalue weighted by atomic mass is 9.86. The predicted octanol–water partition coefficient (Wildman–Crippen LogP) is 1.49. The number of likely N-dealkylation sites (tertiary alicyclic amines) is 1. The van der Waals surface area contributed by atoms with Crippen molar-refractivity contribution in [1.29, 1.82) is 0 Å². The van der Waals surface area contributed by atoms with Crippen molar-refractivity contribution in [2.45, 2.75) is 25.3 Å². The third-order valence-corrected chi connectivity index (χ3v) is 4.09. The zero-order valence-corrected chi connectivity index (χ0v) is 11.9. The van der Waals surface area contributed by atoms with Gasteiger partial charge in [-0.3, -0.25) is 4.79 Å². The van der Waals surface area contributed by atoms with Gasteiger partial charge in [0, 0.05) is 18.8 Å². The van der Waals surface area contributed by atoms with Crippen LogP contribution in [0.15, 0.2) is 36.6 Å². The third-order valence-electron chi connectivity index (χ3n) is 4.09. The second-order valence-corrected chi connectivity index (χ2v) is 5.30. The Morgan fingerprint density at radius 3 is 2.68 bits per heavy atom. The molecule has 1 N–H and O–H groups in total. The molecule has 2 aliphatic heterocycles. The van der Waals surface area contributed by atoms with Gasteiger partial charge in [0.15, 0.2) is 0 Å². The molecular formula is C15H23N3O. The topological polar surface area (TPSA) is 35.6 Å². The van der Waals surface area contributed by atoms with Crippen molar-refractivity contribution in [2.24, 2.45) is 0 Å². The van der Waals surface area contributed by atoms with Crippen molar-refractivity contribution in [2.75, 3.05) is 26.8 Å². The maximum atomic E-state index is 12.3. The molecule has 0 bridgehead atoms. The lowest BCUT2D eigenvalue weighted by molar-refractivity contribution is -0.128. The van der Waals surface area contributed by atoms with Crippen LogP contribution in [-0.4, -0.2) is 48.1 Å². The Balaban J connectivity index is 2.15. The Kier molecular flexibility index (Phi) is 4.10. The highest BCUT2D eigenvalue weighted by Crippen LogP contribution is 2.34. The van der Waals surface area contributed by atoms with Gasteiger partial charge in [-0.2, -0.15) is 0 Å². The zero-order valence-electron chi connectivity index (χ0n) is 11.9. The van der Waals surface area contributed by atoms with E-state index in [0.717, 1.165) is 31.6 Å². The van der Waals surface area contributed by atoms with Crippen molar-refractivity contribution in [3.8, 4) is 0 Å². The molecule has 2 fully saturated rings. The maximum Gasteiger partial charge on any atom is 0.247 e. The highest BCUT2D eigenvalue weighted by atomic mass is 16.2. The van der Waals surface area contributed by atoms with Crippen molar-refractivity contribution in [3.05, 3.63) is 36.6 Å². The van der Waals surface area contributed by atoms with E-state index in [4.69, 9.17) is 0 Å². The van der Waals surface area contributed by atoms with Gasteiger partial charge in [0.25, 0.3) is 0 Å². The van der Waals surface area contributed by atoms with Gasteiger partial charge < -0.3 is 15.1 Å². The second-order valence-electron chi connectivity index (χ2n) is 5.30. The molecule has 0 radical (unpaired) electrons. The first-order valence-corrected chi connectivity index (χ1v) is 6.83. The summed E-state index contributed by atoms with van der Waals surface area (Å²) in [6.45, 7) is 8.57. The fraction of sp³-hybridized carbons (Fsp3) is 0.533. The Morgan fingerprint density at radius 1 is 1.37 bits per heavy atom. The molecule has 0 unspecified atom stereocenters. The SMILES string of the molecule is C=C(/C=C\C=C/C)N1CNC(=O)C12CCN(C)CC2. The molecule has 1 amide bonds. The number of carbonyl (C=O) groups excluding carboxylic acids is 1. The van der Waals surface area contributed by atoms with Crippen LogP contribution >= 0.6 is 0 Å². The average molecular weight is 261 g/mol. The molecule has 0 aliphatic carbocycles. The van der Waals surface area contributed by atoms with Gasteiger partial charge >= 0.3 is 0 Å². The summed E-state index contributed by atoms with van der Waals surface area (Å²) in [6, 6.07) is 0. The van der Waals surface area contributed by atoms with E-state index in [1.807, 2.05) is 31.2 Å². The summed E-state index contributed by atoms with van der Waals surface area (Å²) in [6.07, 6.45) is 9.62. The zero-order chi connectivity index (χ0) is 13.9. The van der Waals surface area contributed by atoms with Gasteiger partial charge in [-0.25, -0.2) is 0 Å². The van der Waals surface area contributed by atoms with Crippen molar-refractivity contribution < 1.29 is 4.79 Å². The highest BCUT2D eigenvalue weighted by molar-refractivity contribution is 5.88. The first-order valence-electron chi connectivity index (χ1n) is 6.83. The number of amides is 1. The van der Waals surface area contributed by atoms with E-state index in [1.165, 1.54) is 0 Å². The molecule has 2 aliphatic rings. The Hall–Kier alpha value is -1.55. The molecule has 1 spiro atoms. The van der Waals surface area contributed by atoms with Gasteiger partial charge in [-0.05, 0) is 32.9 Å². The Morgan fingerprint density at radius 2 is 2.05 bits per heavy atom. The minimum Gasteiger partial charge on any atom is -0.340 e. The largest absolute Gasteiger partial charge is 0.340 e. The molecule has 0 atom stereocenters. The van der Waals surface area contributed by atoms with Crippen LogP contribution in [0.2, 0.25) is 0 Å². The van der Waals surface area contributed by atoms with Crippen LogP contribution in [0.1, 0.15) is 19.8 Å². The second kappa shape index (κ2) is 5.61. The number of nitrogens with zero attached hydrogens (tertiary/aromatic N) is 2. The molecule has 0 aromatic carbocycles. The summed E-state index contributed by atoms with van der Waals surface area (Å²) in [4.78, 5) is 16.7. The van der Waals surface area contributed by atoms with Gasteiger partial charge in [-0.15, -0.1) is 0 Å². The Bertz CT molecular complexity index is 417. The monoisotopic (exact) mass is 261 g/mol. The van der Waals surface area contributed by atoms with Crippen LogP contribution in [0, 0.1) is 0 Å². The molecule has 2 heterocycles. The normalized spacial score (nSPS) is 23.7. The van der Waals surface area contributed by atoms with Gasteiger partial charge in [0.1, 0.15) is 5.54 Å². The van der Waals surface area contributed by atoms with E-state index >= 15 is 0 Å². The van der Waals surface area contributed by atoms with Crippen LogP contribution in [0.3, 0.4) is 0 Å². The predicted molar refractivity (Wildman–Crippen MR) is 77.4 cm³/mol. The summed E-state index contributed by atoms with van der Waals surface area (Å²) >= 11 is 0. The van der Waals surface area contributed by atoms with Gasteiger partial charge in [-0.1, -0.05) is 24.8 Å². The summed E-state index contributed by atoms with van der Waals surface area (Å²) in [5.41, 5.74) is 0.519. The number of piperidine rings is 1. The highest BCUT2D eigenvalue weighted by Gasteiger charge is 2.49. The minimum atomic E-state index is -0.385. The number of nitrogens with one attached hydrogen (secondary N) is 1. The summed E-state index contributed by atoms with van der Waals surface area (Å²) < 4.78 is 0. The molecule has 4 heteroatoms. The lowest BCUT2D eigenvalue weighted by Gasteiger charge is -2.42. The number of rotatable bonds is 3. The molecule has 2 rings (SSSR count). The molecule has 0 saturated carbocycles. The van der Waals surface area contributed by atoms with Crippen molar-refractivity contribution in [3.63, 3.8) is 0 Å². The fourth-order valence-corrected chi connectivity index (χ4v) is 2.82. The number of hydrogen-bond acceptors (Lipinski definition) is 3. The number of allylic oxidation sites excluding steroid dienone is 4. The molecule has 2 saturated heterocycles. The van der Waals surface area contributed by atoms with Crippen molar-refractivity contribution in [1.82, 2.24) is 15.1 Å². The van der Waals surface area contributed by atoms with E-state index in [9.17, 15) is 4.79 Å². The van der Waals surface area contributed by atoms with Crippen LogP contribution in [0.25, 0.3) is 0 Å². The van der Waals surface area contributed by atoms with Gasteiger partial charge in [0.05, 0.1) is 6.67 Å². The standard InChI is InChI=1S/C15H23N3O/c1-4-5-6-7-13(2)18-12-16-14(19)15(18)8-10-17(3)11-9-15/h4-7H,2,8-12H2,1,3H3,(H,16,19)/b5-4-,7-6-. The van der Waals surface area contributed by atoms with Crippen LogP contribution in [-0.2, 0) is 4.79 Å². The number of hydrogen-bond donors (Lipinski definition) is 1. The van der Waals surface area contributed by atoms with Gasteiger partial charge in [0.2, 0.25) is 5.91 Å². The van der Waals surface area contributed by atoms with E-state index in [1.54, 1.807) is 0 Å². The number of carbonyl (C=O) groups is 1. The molecule has 0 aromatic rings. The summed E-state index contributed by atoms with van der Waals surface area (Å²) in [7, 11) is 2.10. The van der Waals surface area contributed by atoms with Crippen LogP contribution in [0.5, 0.6) is 0 Å². The maximum absolute atomic E-state index is 12.3. The van der Waals surface area contributed by atoms with E-state index < -0.39 is 0 Å². The molecule has 19 heavy (non-hydrogen) atoms.